The van der Waals surface area contributed by atoms with Crippen LogP contribution in [0.2, 0.25) is 0 Å². The number of allylic oxidation sites excluding steroid dienone is 5. The monoisotopic (exact) mass is 371 g/mol. The summed E-state index contributed by atoms with van der Waals surface area (Å²) in [6, 6.07) is 16.3. The van der Waals surface area contributed by atoms with Gasteiger partial charge in [0.2, 0.25) is 5.91 Å². The average molecular weight is 371 g/mol. The van der Waals surface area contributed by atoms with Crippen molar-refractivity contribution in [3.05, 3.63) is 107 Å². The third-order valence-electron chi connectivity index (χ3n) is 4.35. The maximum Gasteiger partial charge on any atom is 0.247 e. The van der Waals surface area contributed by atoms with Gasteiger partial charge in [-0.3, -0.25) is 4.79 Å². The Morgan fingerprint density at radius 1 is 1.04 bits per heavy atom. The summed E-state index contributed by atoms with van der Waals surface area (Å²) in [6.45, 7) is 0.603. The average Bonchev–Trinajstić information content (AvgIpc) is 2.68. The Bertz CT molecular complexity index is 974. The lowest BCUT2D eigenvalue weighted by molar-refractivity contribution is -0.117. The second-order valence-electron chi connectivity index (χ2n) is 6.51. The highest BCUT2D eigenvalue weighted by Gasteiger charge is 2.08. The smallest absolute Gasteiger partial charge is 0.247 e. The molecule has 28 heavy (non-hydrogen) atoms. The van der Waals surface area contributed by atoms with Crippen LogP contribution in [0.4, 0.5) is 4.39 Å². The second-order valence-corrected chi connectivity index (χ2v) is 6.51. The number of carbonyl (C=O) groups is 1. The molecular weight excluding hydrogens is 349 g/mol. The van der Waals surface area contributed by atoms with Gasteiger partial charge in [-0.15, -0.1) is 0 Å². The Morgan fingerprint density at radius 3 is 2.71 bits per heavy atom. The molecule has 1 aliphatic carbocycles. The van der Waals surface area contributed by atoms with E-state index in [-0.39, 0.29) is 11.7 Å². The van der Waals surface area contributed by atoms with Crippen molar-refractivity contribution in [3.8, 4) is 11.8 Å². The van der Waals surface area contributed by atoms with Crippen molar-refractivity contribution in [3.63, 3.8) is 0 Å². The van der Waals surface area contributed by atoms with E-state index >= 15 is 0 Å². The van der Waals surface area contributed by atoms with Gasteiger partial charge in [0.1, 0.15) is 5.82 Å². The second kappa shape index (κ2) is 10.1. The largest absolute Gasteiger partial charge is 0.352 e. The van der Waals surface area contributed by atoms with Crippen molar-refractivity contribution in [2.24, 2.45) is 0 Å². The molecule has 0 spiro atoms. The van der Waals surface area contributed by atoms with E-state index in [0.717, 1.165) is 24.0 Å². The number of hydrogen-bond donors (Lipinski definition) is 1. The number of nitrogens with one attached hydrogen (secondary N) is 1. The molecule has 0 aromatic heterocycles. The Morgan fingerprint density at radius 2 is 1.89 bits per heavy atom. The molecule has 2 aromatic rings. The van der Waals surface area contributed by atoms with Gasteiger partial charge in [-0.1, -0.05) is 66.5 Å². The highest BCUT2D eigenvalue weighted by Crippen LogP contribution is 2.13. The number of amides is 1. The van der Waals surface area contributed by atoms with E-state index in [0.29, 0.717) is 18.5 Å². The van der Waals surface area contributed by atoms with Crippen LogP contribution in [0.3, 0.4) is 0 Å². The van der Waals surface area contributed by atoms with Crippen molar-refractivity contribution in [1.82, 2.24) is 5.32 Å². The maximum atomic E-state index is 13.3. The molecule has 0 heterocycles. The fourth-order valence-corrected chi connectivity index (χ4v) is 2.84. The Balaban J connectivity index is 1.63. The maximum absolute atomic E-state index is 13.3. The van der Waals surface area contributed by atoms with Gasteiger partial charge in [0.15, 0.2) is 0 Å². The minimum absolute atomic E-state index is 0.0417. The molecular formula is C25H22FNO. The highest BCUT2D eigenvalue weighted by atomic mass is 19.1. The summed E-state index contributed by atoms with van der Waals surface area (Å²) in [5.74, 6) is 5.65. The Kier molecular flexibility index (Phi) is 6.98. The molecule has 3 rings (SSSR count). The van der Waals surface area contributed by atoms with Crippen molar-refractivity contribution < 1.29 is 9.18 Å². The molecule has 0 atom stereocenters. The molecule has 1 amide bonds. The van der Waals surface area contributed by atoms with E-state index in [1.807, 2.05) is 42.5 Å². The first-order valence-electron chi connectivity index (χ1n) is 9.38. The molecule has 0 radical (unpaired) electrons. The summed E-state index contributed by atoms with van der Waals surface area (Å²) in [4.78, 5) is 12.5. The first kappa shape index (κ1) is 19.4. The lowest BCUT2D eigenvalue weighted by Crippen LogP contribution is -2.27. The third kappa shape index (κ3) is 6.10. The highest BCUT2D eigenvalue weighted by molar-refractivity contribution is 5.93. The first-order valence-corrected chi connectivity index (χ1v) is 9.38. The van der Waals surface area contributed by atoms with E-state index in [9.17, 15) is 9.18 Å². The summed E-state index contributed by atoms with van der Waals surface area (Å²) >= 11 is 0. The summed E-state index contributed by atoms with van der Waals surface area (Å²) in [5, 5.41) is 2.99. The molecule has 3 heteroatoms. The van der Waals surface area contributed by atoms with E-state index in [1.165, 1.54) is 17.7 Å². The summed E-state index contributed by atoms with van der Waals surface area (Å²) < 4.78 is 13.3. The zero-order valence-electron chi connectivity index (χ0n) is 15.6. The van der Waals surface area contributed by atoms with Crippen molar-refractivity contribution in [1.29, 1.82) is 0 Å². The number of hydrogen-bond acceptors (Lipinski definition) is 1. The van der Waals surface area contributed by atoms with Gasteiger partial charge in [-0.25, -0.2) is 4.39 Å². The predicted molar refractivity (Wildman–Crippen MR) is 111 cm³/mol. The van der Waals surface area contributed by atoms with Crippen LogP contribution in [-0.4, -0.2) is 12.5 Å². The van der Waals surface area contributed by atoms with Gasteiger partial charge < -0.3 is 5.32 Å². The normalized spacial score (nSPS) is 13.3. The number of benzene rings is 2. The molecule has 0 saturated carbocycles. The standard InChI is InChI=1S/C25H22FNO/c26-24-12-6-10-22(19-24)14-13-21-9-4-5-11-23(16-15-21)25(28)27-18-17-20-7-2-1-3-8-20/h1-4,6-10,12,15-16,19H,5,11,17-18H2,(H,27,28). The summed E-state index contributed by atoms with van der Waals surface area (Å²) in [7, 11) is 0. The SMILES string of the molecule is O=C(NCCc1ccccc1)C1=CC=C(C#Cc2cccc(F)c2)C=CCC1. The lowest BCUT2D eigenvalue weighted by atomic mass is 10.0. The molecule has 0 saturated heterocycles. The zero-order valence-corrected chi connectivity index (χ0v) is 15.6. The van der Waals surface area contributed by atoms with Crippen LogP contribution in [0.1, 0.15) is 24.0 Å². The summed E-state index contributed by atoms with van der Waals surface area (Å²) in [6.07, 6.45) is 9.89. The molecule has 1 N–H and O–H groups in total. The third-order valence-corrected chi connectivity index (χ3v) is 4.35. The molecule has 0 fully saturated rings. The molecule has 2 nitrogen and oxygen atoms in total. The van der Waals surface area contributed by atoms with E-state index in [1.54, 1.807) is 12.1 Å². The van der Waals surface area contributed by atoms with Gasteiger partial charge in [0.05, 0.1) is 0 Å². The quantitative estimate of drug-likeness (QED) is 0.773. The van der Waals surface area contributed by atoms with Crippen LogP contribution in [0.5, 0.6) is 0 Å². The van der Waals surface area contributed by atoms with Gasteiger partial charge in [0.25, 0.3) is 0 Å². The Labute approximate surface area is 165 Å². The van der Waals surface area contributed by atoms with Crippen LogP contribution >= 0.6 is 0 Å². The molecule has 1 aliphatic rings. The minimum atomic E-state index is -0.302. The lowest BCUT2D eigenvalue weighted by Gasteiger charge is -2.09. The fourth-order valence-electron chi connectivity index (χ4n) is 2.84. The van der Waals surface area contributed by atoms with Gasteiger partial charge >= 0.3 is 0 Å². The topological polar surface area (TPSA) is 29.1 Å². The fraction of sp³-hybridized carbons (Fsp3) is 0.160. The number of rotatable bonds is 4. The van der Waals surface area contributed by atoms with Crippen molar-refractivity contribution in [2.45, 2.75) is 19.3 Å². The van der Waals surface area contributed by atoms with Gasteiger partial charge in [-0.05, 0) is 49.1 Å². The van der Waals surface area contributed by atoms with E-state index < -0.39 is 0 Å². The van der Waals surface area contributed by atoms with E-state index in [2.05, 4.69) is 29.3 Å². The van der Waals surface area contributed by atoms with Crippen LogP contribution in [-0.2, 0) is 11.2 Å². The van der Waals surface area contributed by atoms with E-state index in [4.69, 9.17) is 0 Å². The van der Waals surface area contributed by atoms with Gasteiger partial charge in [-0.2, -0.15) is 0 Å². The number of halogens is 1. The van der Waals surface area contributed by atoms with Crippen molar-refractivity contribution >= 4 is 5.91 Å². The van der Waals surface area contributed by atoms with Crippen LogP contribution < -0.4 is 5.32 Å². The van der Waals surface area contributed by atoms with Crippen molar-refractivity contribution in [2.75, 3.05) is 6.54 Å². The number of carbonyl (C=O) groups excluding carboxylic acids is 1. The summed E-state index contributed by atoms with van der Waals surface area (Å²) in [5.41, 5.74) is 3.35. The predicted octanol–water partition coefficient (Wildman–Crippen LogP) is 4.74. The molecule has 0 bridgehead atoms. The molecule has 2 aromatic carbocycles. The zero-order chi connectivity index (χ0) is 19.6. The minimum Gasteiger partial charge on any atom is -0.352 e. The molecule has 0 aliphatic heterocycles. The molecule has 140 valence electrons. The van der Waals surface area contributed by atoms with Crippen LogP contribution in [0.25, 0.3) is 0 Å². The molecule has 0 unspecified atom stereocenters. The van der Waals surface area contributed by atoms with Gasteiger partial charge in [0, 0.05) is 23.3 Å². The van der Waals surface area contributed by atoms with Crippen LogP contribution in [0, 0.1) is 17.7 Å². The van der Waals surface area contributed by atoms with Crippen LogP contribution in [0.15, 0.2) is 90.0 Å². The Hall–Kier alpha value is -3.38. The first-order chi connectivity index (χ1) is 13.7.